The highest BCUT2D eigenvalue weighted by Crippen LogP contribution is 2.41. The Balaban J connectivity index is 2.05. The third-order valence-electron chi connectivity index (χ3n) is 4.82. The monoisotopic (exact) mass is 286 g/mol. The number of hydrogen-bond donors (Lipinski definition) is 2. The van der Waals surface area contributed by atoms with Crippen LogP contribution in [0.2, 0.25) is 0 Å². The van der Waals surface area contributed by atoms with Gasteiger partial charge in [-0.15, -0.1) is 0 Å². The first-order valence-electron chi connectivity index (χ1n) is 7.49. The first kappa shape index (κ1) is 12.2. The molecule has 0 aromatic heterocycles. The van der Waals surface area contributed by atoms with Crippen molar-refractivity contribution in [3.8, 4) is 0 Å². The van der Waals surface area contributed by atoms with E-state index in [1.54, 1.807) is 6.08 Å². The Morgan fingerprint density at radius 2 is 1.50 bits per heavy atom. The molecule has 4 aromatic carbocycles. The average Bonchev–Trinajstić information content (AvgIpc) is 2.56. The lowest BCUT2D eigenvalue weighted by Gasteiger charge is -2.24. The molecule has 0 saturated carbocycles. The summed E-state index contributed by atoms with van der Waals surface area (Å²) in [5.41, 5.74) is 1.82. The summed E-state index contributed by atoms with van der Waals surface area (Å²) in [7, 11) is 0. The first-order valence-corrected chi connectivity index (χ1v) is 7.49. The van der Waals surface area contributed by atoms with E-state index in [2.05, 4.69) is 42.5 Å². The lowest BCUT2D eigenvalue weighted by atomic mass is 9.84. The fourth-order valence-electron chi connectivity index (χ4n) is 3.77. The number of benzene rings is 4. The molecule has 5 rings (SSSR count). The zero-order valence-electron chi connectivity index (χ0n) is 11.8. The molecule has 0 unspecified atom stereocenters. The first-order chi connectivity index (χ1) is 10.7. The van der Waals surface area contributed by atoms with Crippen molar-refractivity contribution in [2.45, 2.75) is 12.2 Å². The van der Waals surface area contributed by atoms with Crippen LogP contribution in [-0.4, -0.2) is 16.3 Å². The van der Waals surface area contributed by atoms with E-state index < -0.39 is 12.2 Å². The van der Waals surface area contributed by atoms with Crippen molar-refractivity contribution in [2.75, 3.05) is 0 Å². The molecule has 0 amide bonds. The Morgan fingerprint density at radius 1 is 0.773 bits per heavy atom. The van der Waals surface area contributed by atoms with Gasteiger partial charge in [0.1, 0.15) is 12.2 Å². The minimum absolute atomic E-state index is 0.806. The van der Waals surface area contributed by atoms with Crippen LogP contribution >= 0.6 is 0 Å². The molecule has 2 nitrogen and oxygen atoms in total. The van der Waals surface area contributed by atoms with Crippen LogP contribution in [0.1, 0.15) is 17.2 Å². The van der Waals surface area contributed by atoms with E-state index in [1.165, 1.54) is 21.5 Å². The van der Waals surface area contributed by atoms with Gasteiger partial charge < -0.3 is 10.2 Å². The van der Waals surface area contributed by atoms with E-state index in [-0.39, 0.29) is 0 Å². The summed E-state index contributed by atoms with van der Waals surface area (Å²) in [5, 5.41) is 27.4. The lowest BCUT2D eigenvalue weighted by Crippen LogP contribution is -2.19. The second-order valence-electron chi connectivity index (χ2n) is 6.03. The van der Waals surface area contributed by atoms with E-state index in [9.17, 15) is 10.2 Å². The standard InChI is InChI=1S/C20H14O2/c21-17-9-8-14-15-7-6-12-3-1-2-11-4-5-13(19(15)18(11)12)10-16(14)20(17)22/h1-10,17,20-22H/t17-,20-/m1/s1. The van der Waals surface area contributed by atoms with Gasteiger partial charge in [0.2, 0.25) is 0 Å². The van der Waals surface area contributed by atoms with Gasteiger partial charge in [0, 0.05) is 0 Å². The molecule has 0 heterocycles. The Hall–Kier alpha value is -2.42. The molecular weight excluding hydrogens is 272 g/mol. The summed E-state index contributed by atoms with van der Waals surface area (Å²) in [6.45, 7) is 0. The number of rotatable bonds is 0. The molecule has 2 atom stereocenters. The van der Waals surface area contributed by atoms with Crippen LogP contribution in [-0.2, 0) is 0 Å². The molecule has 22 heavy (non-hydrogen) atoms. The van der Waals surface area contributed by atoms with Crippen LogP contribution in [0.4, 0.5) is 0 Å². The van der Waals surface area contributed by atoms with Crippen molar-refractivity contribution in [1.29, 1.82) is 0 Å². The third kappa shape index (κ3) is 1.41. The molecule has 0 saturated heterocycles. The molecule has 2 N–H and O–H groups in total. The SMILES string of the molecule is O[C@@H]1C=Cc2c(cc3ccc4cccc5ccc2c3c45)[C@H]1O. The van der Waals surface area contributed by atoms with Gasteiger partial charge in [-0.3, -0.25) is 0 Å². The van der Waals surface area contributed by atoms with E-state index in [4.69, 9.17) is 0 Å². The number of aliphatic hydroxyl groups excluding tert-OH is 2. The van der Waals surface area contributed by atoms with Crippen LogP contribution in [0.3, 0.4) is 0 Å². The Labute approximate surface area is 127 Å². The van der Waals surface area contributed by atoms with Gasteiger partial charge in [-0.05, 0) is 49.5 Å². The minimum Gasteiger partial charge on any atom is -0.386 e. The van der Waals surface area contributed by atoms with Gasteiger partial charge in [0.15, 0.2) is 0 Å². The Kier molecular flexibility index (Phi) is 2.25. The number of fused-ring (bicyclic) bond motifs is 2. The van der Waals surface area contributed by atoms with Crippen molar-refractivity contribution < 1.29 is 10.2 Å². The molecular formula is C20H14O2. The largest absolute Gasteiger partial charge is 0.386 e. The van der Waals surface area contributed by atoms with Gasteiger partial charge in [0.25, 0.3) is 0 Å². The topological polar surface area (TPSA) is 40.5 Å². The molecule has 0 radical (unpaired) electrons. The average molecular weight is 286 g/mol. The maximum absolute atomic E-state index is 10.3. The van der Waals surface area contributed by atoms with E-state index in [1.807, 2.05) is 12.1 Å². The van der Waals surface area contributed by atoms with Crippen molar-refractivity contribution in [3.05, 3.63) is 65.7 Å². The van der Waals surface area contributed by atoms with Crippen LogP contribution in [0.5, 0.6) is 0 Å². The Bertz CT molecular complexity index is 1050. The second-order valence-corrected chi connectivity index (χ2v) is 6.03. The van der Waals surface area contributed by atoms with Crippen molar-refractivity contribution in [1.82, 2.24) is 0 Å². The van der Waals surface area contributed by atoms with Crippen LogP contribution in [0.15, 0.2) is 54.6 Å². The Morgan fingerprint density at radius 3 is 2.32 bits per heavy atom. The van der Waals surface area contributed by atoms with Crippen LogP contribution in [0, 0.1) is 0 Å². The van der Waals surface area contributed by atoms with E-state index in [0.717, 1.165) is 21.9 Å². The van der Waals surface area contributed by atoms with Crippen molar-refractivity contribution in [3.63, 3.8) is 0 Å². The predicted octanol–water partition coefficient (Wildman–Crippen LogP) is 4.01. The van der Waals surface area contributed by atoms with Crippen molar-refractivity contribution in [2.24, 2.45) is 0 Å². The molecule has 0 aliphatic heterocycles. The zero-order valence-corrected chi connectivity index (χ0v) is 11.8. The normalized spacial score (nSPS) is 21.0. The second kappa shape index (κ2) is 4.07. The number of aliphatic hydroxyl groups is 2. The van der Waals surface area contributed by atoms with Crippen LogP contribution < -0.4 is 0 Å². The highest BCUT2D eigenvalue weighted by Gasteiger charge is 2.25. The summed E-state index contributed by atoms with van der Waals surface area (Å²) >= 11 is 0. The van der Waals surface area contributed by atoms with Gasteiger partial charge in [0.05, 0.1) is 0 Å². The zero-order chi connectivity index (χ0) is 14.8. The maximum atomic E-state index is 10.3. The summed E-state index contributed by atoms with van der Waals surface area (Å²) in [6.07, 6.45) is 1.91. The van der Waals surface area contributed by atoms with E-state index >= 15 is 0 Å². The maximum Gasteiger partial charge on any atom is 0.109 e. The fraction of sp³-hybridized carbons (Fsp3) is 0.100. The van der Waals surface area contributed by atoms with Gasteiger partial charge >= 0.3 is 0 Å². The molecule has 106 valence electrons. The summed E-state index contributed by atoms with van der Waals surface area (Å²) in [4.78, 5) is 0. The molecule has 4 aromatic rings. The fourth-order valence-corrected chi connectivity index (χ4v) is 3.77. The van der Waals surface area contributed by atoms with Gasteiger partial charge in [-0.2, -0.15) is 0 Å². The summed E-state index contributed by atoms with van der Waals surface area (Å²) in [6, 6.07) is 16.8. The summed E-state index contributed by atoms with van der Waals surface area (Å²) < 4.78 is 0. The predicted molar refractivity (Wildman–Crippen MR) is 90.1 cm³/mol. The highest BCUT2D eigenvalue weighted by atomic mass is 16.3. The molecule has 2 heteroatoms. The molecule has 1 aliphatic rings. The smallest absolute Gasteiger partial charge is 0.109 e. The van der Waals surface area contributed by atoms with Gasteiger partial charge in [-0.25, -0.2) is 0 Å². The molecule has 0 bridgehead atoms. The summed E-state index contributed by atoms with van der Waals surface area (Å²) in [5.74, 6) is 0. The quantitative estimate of drug-likeness (QED) is 0.480. The highest BCUT2D eigenvalue weighted by molar-refractivity contribution is 6.24. The molecule has 0 spiro atoms. The number of hydrogen-bond acceptors (Lipinski definition) is 2. The van der Waals surface area contributed by atoms with Crippen LogP contribution in [0.25, 0.3) is 38.4 Å². The lowest BCUT2D eigenvalue weighted by molar-refractivity contribution is 0.0472. The molecule has 1 aliphatic carbocycles. The molecule has 0 fully saturated rings. The van der Waals surface area contributed by atoms with E-state index in [0.29, 0.717) is 0 Å². The van der Waals surface area contributed by atoms with Crippen molar-refractivity contribution >= 4 is 38.4 Å². The van der Waals surface area contributed by atoms with Gasteiger partial charge in [-0.1, -0.05) is 54.6 Å². The third-order valence-corrected chi connectivity index (χ3v) is 4.82. The minimum atomic E-state index is -0.859.